The van der Waals surface area contributed by atoms with E-state index < -0.39 is 0 Å². The molecule has 0 amide bonds. The Labute approximate surface area is 138 Å². The molecule has 21 heavy (non-hydrogen) atoms. The van der Waals surface area contributed by atoms with Crippen molar-refractivity contribution in [3.63, 3.8) is 0 Å². The highest BCUT2D eigenvalue weighted by atomic mass is 79.9. The Bertz CT molecular complexity index is 562. The lowest BCUT2D eigenvalue weighted by Gasteiger charge is -2.17. The number of thioether (sulfide) groups is 1. The number of methoxy groups -OCH3 is 1. The SMILES string of the molecule is COc1ccccc1CC(CSc1ccc(Br)cc1)NN. The van der Waals surface area contributed by atoms with E-state index >= 15 is 0 Å². The zero-order valence-electron chi connectivity index (χ0n) is 11.9. The maximum atomic E-state index is 5.69. The molecule has 0 fully saturated rings. The lowest BCUT2D eigenvalue weighted by molar-refractivity contribution is 0.406. The van der Waals surface area contributed by atoms with Crippen LogP contribution in [0.1, 0.15) is 5.56 Å². The highest BCUT2D eigenvalue weighted by molar-refractivity contribution is 9.10. The summed E-state index contributed by atoms with van der Waals surface area (Å²) in [4.78, 5) is 1.23. The summed E-state index contributed by atoms with van der Waals surface area (Å²) in [6.07, 6.45) is 0.837. The van der Waals surface area contributed by atoms with Gasteiger partial charge in [-0.1, -0.05) is 34.1 Å². The van der Waals surface area contributed by atoms with Crippen LogP contribution in [0.4, 0.5) is 0 Å². The van der Waals surface area contributed by atoms with Gasteiger partial charge in [-0.05, 0) is 42.3 Å². The molecule has 1 atom stereocenters. The van der Waals surface area contributed by atoms with Gasteiger partial charge in [0.1, 0.15) is 5.75 Å². The molecule has 0 aliphatic heterocycles. The third-order valence-corrected chi connectivity index (χ3v) is 4.86. The summed E-state index contributed by atoms with van der Waals surface area (Å²) in [6.45, 7) is 0. The fraction of sp³-hybridized carbons (Fsp3) is 0.250. The second-order valence-corrected chi connectivity index (χ2v) is 6.65. The van der Waals surface area contributed by atoms with Gasteiger partial charge < -0.3 is 4.74 Å². The average Bonchev–Trinajstić information content (AvgIpc) is 2.53. The first-order valence-electron chi connectivity index (χ1n) is 6.69. The summed E-state index contributed by atoms with van der Waals surface area (Å²) in [7, 11) is 1.69. The first-order chi connectivity index (χ1) is 10.2. The minimum Gasteiger partial charge on any atom is -0.496 e. The van der Waals surface area contributed by atoms with Crippen molar-refractivity contribution in [1.29, 1.82) is 0 Å². The van der Waals surface area contributed by atoms with Crippen LogP contribution < -0.4 is 16.0 Å². The van der Waals surface area contributed by atoms with Crippen LogP contribution in [0.3, 0.4) is 0 Å². The van der Waals surface area contributed by atoms with Gasteiger partial charge in [0.15, 0.2) is 0 Å². The molecule has 0 aromatic heterocycles. The zero-order chi connectivity index (χ0) is 15.1. The molecule has 0 bridgehead atoms. The smallest absolute Gasteiger partial charge is 0.122 e. The molecular weight excluding hydrogens is 348 g/mol. The lowest BCUT2D eigenvalue weighted by Crippen LogP contribution is -2.38. The lowest BCUT2D eigenvalue weighted by atomic mass is 10.1. The van der Waals surface area contributed by atoms with E-state index in [1.54, 1.807) is 18.9 Å². The highest BCUT2D eigenvalue weighted by Crippen LogP contribution is 2.24. The summed E-state index contributed by atoms with van der Waals surface area (Å²) >= 11 is 5.23. The molecule has 2 aromatic rings. The van der Waals surface area contributed by atoms with Crippen LogP contribution in [0, 0.1) is 0 Å². The van der Waals surface area contributed by atoms with E-state index in [0.717, 1.165) is 22.4 Å². The number of rotatable bonds is 7. The standard InChI is InChI=1S/C16H19BrN2OS/c1-20-16-5-3-2-4-12(16)10-14(19-18)11-21-15-8-6-13(17)7-9-15/h2-9,14,19H,10-11,18H2,1H3. The van der Waals surface area contributed by atoms with Crippen LogP contribution in [0.25, 0.3) is 0 Å². The van der Waals surface area contributed by atoms with Gasteiger partial charge in [-0.15, -0.1) is 11.8 Å². The minimum atomic E-state index is 0.190. The molecule has 0 spiro atoms. The largest absolute Gasteiger partial charge is 0.496 e. The molecular formula is C16H19BrN2OS. The van der Waals surface area contributed by atoms with Gasteiger partial charge in [-0.2, -0.15) is 0 Å². The van der Waals surface area contributed by atoms with Crippen molar-refractivity contribution in [3.05, 3.63) is 58.6 Å². The number of hydrazine groups is 1. The van der Waals surface area contributed by atoms with Crippen LogP contribution in [-0.4, -0.2) is 18.9 Å². The van der Waals surface area contributed by atoms with Crippen molar-refractivity contribution >= 4 is 27.7 Å². The molecule has 0 saturated carbocycles. The van der Waals surface area contributed by atoms with Gasteiger partial charge >= 0.3 is 0 Å². The van der Waals surface area contributed by atoms with E-state index in [0.29, 0.717) is 0 Å². The van der Waals surface area contributed by atoms with Crippen molar-refractivity contribution in [2.75, 3.05) is 12.9 Å². The Balaban J connectivity index is 1.95. The summed E-state index contributed by atoms with van der Waals surface area (Å²) in [6, 6.07) is 16.5. The number of para-hydroxylation sites is 1. The number of ether oxygens (including phenoxy) is 1. The van der Waals surface area contributed by atoms with Gasteiger partial charge in [0.25, 0.3) is 0 Å². The number of nitrogens with one attached hydrogen (secondary N) is 1. The molecule has 1 unspecified atom stereocenters. The Morgan fingerprint density at radius 1 is 1.19 bits per heavy atom. The zero-order valence-corrected chi connectivity index (χ0v) is 14.3. The van der Waals surface area contributed by atoms with E-state index in [4.69, 9.17) is 10.6 Å². The van der Waals surface area contributed by atoms with Gasteiger partial charge in [-0.3, -0.25) is 11.3 Å². The number of hydrogen-bond acceptors (Lipinski definition) is 4. The Kier molecular flexibility index (Phi) is 6.57. The van der Waals surface area contributed by atoms with Crippen molar-refractivity contribution in [1.82, 2.24) is 5.43 Å². The van der Waals surface area contributed by atoms with Gasteiger partial charge in [0.05, 0.1) is 7.11 Å². The Morgan fingerprint density at radius 2 is 1.90 bits per heavy atom. The Morgan fingerprint density at radius 3 is 2.57 bits per heavy atom. The minimum absolute atomic E-state index is 0.190. The van der Waals surface area contributed by atoms with Crippen molar-refractivity contribution in [2.24, 2.45) is 5.84 Å². The third-order valence-electron chi connectivity index (χ3n) is 3.16. The van der Waals surface area contributed by atoms with Crippen LogP contribution in [0.2, 0.25) is 0 Å². The van der Waals surface area contributed by atoms with Crippen molar-refractivity contribution < 1.29 is 4.74 Å². The van der Waals surface area contributed by atoms with Gasteiger partial charge in [0.2, 0.25) is 0 Å². The topological polar surface area (TPSA) is 47.3 Å². The second kappa shape index (κ2) is 8.44. The number of benzene rings is 2. The molecule has 3 nitrogen and oxygen atoms in total. The molecule has 0 heterocycles. The van der Waals surface area contributed by atoms with E-state index in [9.17, 15) is 0 Å². The van der Waals surface area contributed by atoms with Gasteiger partial charge in [0, 0.05) is 21.2 Å². The van der Waals surface area contributed by atoms with Crippen LogP contribution in [0.5, 0.6) is 5.75 Å². The van der Waals surface area contributed by atoms with Crippen LogP contribution in [-0.2, 0) is 6.42 Å². The van der Waals surface area contributed by atoms with Crippen molar-refractivity contribution in [2.45, 2.75) is 17.4 Å². The van der Waals surface area contributed by atoms with E-state index in [2.05, 4.69) is 39.6 Å². The molecule has 0 aliphatic carbocycles. The Hall–Kier alpha value is -1.01. The summed E-state index contributed by atoms with van der Waals surface area (Å²) in [5.74, 6) is 7.50. The molecule has 112 valence electrons. The average molecular weight is 367 g/mol. The molecule has 0 saturated heterocycles. The normalized spacial score (nSPS) is 12.1. The maximum Gasteiger partial charge on any atom is 0.122 e. The number of halogens is 1. The fourth-order valence-electron chi connectivity index (χ4n) is 2.03. The van der Waals surface area contributed by atoms with E-state index in [1.807, 2.05) is 30.3 Å². The van der Waals surface area contributed by atoms with Crippen LogP contribution >= 0.6 is 27.7 Å². The van der Waals surface area contributed by atoms with Crippen molar-refractivity contribution in [3.8, 4) is 5.75 Å². The first kappa shape index (κ1) is 16.4. The van der Waals surface area contributed by atoms with Gasteiger partial charge in [-0.25, -0.2) is 0 Å². The maximum absolute atomic E-state index is 5.69. The van der Waals surface area contributed by atoms with Crippen LogP contribution in [0.15, 0.2) is 57.9 Å². The first-order valence-corrected chi connectivity index (χ1v) is 8.47. The second-order valence-electron chi connectivity index (χ2n) is 4.64. The molecule has 2 rings (SSSR count). The predicted octanol–water partition coefficient (Wildman–Crippen LogP) is 3.62. The third kappa shape index (κ3) is 5.04. The molecule has 3 N–H and O–H groups in total. The van der Waals surface area contributed by atoms with E-state index in [1.165, 1.54) is 10.5 Å². The molecule has 2 aromatic carbocycles. The molecule has 0 radical (unpaired) electrons. The molecule has 5 heteroatoms. The summed E-state index contributed by atoms with van der Waals surface area (Å²) < 4.78 is 6.48. The monoisotopic (exact) mass is 366 g/mol. The summed E-state index contributed by atoms with van der Waals surface area (Å²) in [5, 5.41) is 0. The predicted molar refractivity (Wildman–Crippen MR) is 92.7 cm³/mol. The highest BCUT2D eigenvalue weighted by Gasteiger charge is 2.11. The summed E-state index contributed by atoms with van der Waals surface area (Å²) in [5.41, 5.74) is 4.06. The quantitative estimate of drug-likeness (QED) is 0.446. The molecule has 0 aliphatic rings. The number of hydrogen-bond donors (Lipinski definition) is 2. The fourth-order valence-corrected chi connectivity index (χ4v) is 3.23. The van der Waals surface area contributed by atoms with E-state index in [-0.39, 0.29) is 6.04 Å². The number of nitrogens with two attached hydrogens (primary N) is 1.